The maximum Gasteiger partial charge on any atom is 0.338 e. The van der Waals surface area contributed by atoms with Crippen LogP contribution in [0.15, 0.2) is 53.4 Å². The molecule has 0 unspecified atom stereocenters. The van der Waals surface area contributed by atoms with Crippen LogP contribution < -0.4 is 9.46 Å². The van der Waals surface area contributed by atoms with Gasteiger partial charge in [-0.1, -0.05) is 18.2 Å². The summed E-state index contributed by atoms with van der Waals surface area (Å²) in [5.41, 5.74) is 1.03. The second kappa shape index (κ2) is 7.94. The topological polar surface area (TPSA) is 81.7 Å². The fourth-order valence-corrected chi connectivity index (χ4v) is 3.10. The molecular formula is C17H19NO5S. The van der Waals surface area contributed by atoms with Gasteiger partial charge in [0.2, 0.25) is 10.0 Å². The number of para-hydroxylation sites is 1. The van der Waals surface area contributed by atoms with E-state index in [1.807, 2.05) is 6.07 Å². The van der Waals surface area contributed by atoms with Gasteiger partial charge in [0.25, 0.3) is 0 Å². The third kappa shape index (κ3) is 4.33. The van der Waals surface area contributed by atoms with Crippen molar-refractivity contribution in [1.29, 1.82) is 0 Å². The third-order valence-electron chi connectivity index (χ3n) is 3.32. The maximum atomic E-state index is 12.3. The molecule has 0 saturated carbocycles. The number of ether oxygens (including phenoxy) is 2. The van der Waals surface area contributed by atoms with Gasteiger partial charge in [-0.15, -0.1) is 0 Å². The number of sulfonamides is 1. The summed E-state index contributed by atoms with van der Waals surface area (Å²) in [4.78, 5) is 11.7. The summed E-state index contributed by atoms with van der Waals surface area (Å²) in [5, 5.41) is 0. The highest BCUT2D eigenvalue weighted by molar-refractivity contribution is 7.89. The van der Waals surface area contributed by atoms with Crippen molar-refractivity contribution in [2.75, 3.05) is 13.7 Å². The maximum absolute atomic E-state index is 12.3. The summed E-state index contributed by atoms with van der Waals surface area (Å²) in [6.07, 6.45) is 0. The zero-order chi connectivity index (χ0) is 17.6. The number of hydrogen-bond acceptors (Lipinski definition) is 5. The first-order valence-electron chi connectivity index (χ1n) is 7.36. The number of esters is 1. The van der Waals surface area contributed by atoms with Gasteiger partial charge >= 0.3 is 5.97 Å². The van der Waals surface area contributed by atoms with Crippen LogP contribution in [0.25, 0.3) is 0 Å². The predicted octanol–water partition coefficient (Wildman–Crippen LogP) is 2.35. The number of carbonyl (C=O) groups is 1. The molecule has 0 aromatic heterocycles. The Labute approximate surface area is 141 Å². The van der Waals surface area contributed by atoms with Gasteiger partial charge in [0.1, 0.15) is 5.75 Å². The lowest BCUT2D eigenvalue weighted by Crippen LogP contribution is -2.23. The van der Waals surface area contributed by atoms with Crippen LogP contribution >= 0.6 is 0 Å². The van der Waals surface area contributed by atoms with E-state index < -0.39 is 16.0 Å². The van der Waals surface area contributed by atoms with E-state index in [-0.39, 0.29) is 18.0 Å². The molecule has 128 valence electrons. The third-order valence-corrected chi connectivity index (χ3v) is 4.74. The number of methoxy groups -OCH3 is 1. The lowest BCUT2D eigenvalue weighted by Gasteiger charge is -2.10. The minimum atomic E-state index is -3.70. The Balaban J connectivity index is 2.11. The smallest absolute Gasteiger partial charge is 0.338 e. The molecule has 0 fully saturated rings. The standard InChI is InChI=1S/C17H19NO5S/c1-3-23-17(19)13-8-10-15(11-9-13)24(20,21)18-12-14-6-4-5-7-16(14)22-2/h4-11,18H,3,12H2,1-2H3. The first kappa shape index (κ1) is 18.0. The van der Waals surface area contributed by atoms with Crippen LogP contribution in [0.2, 0.25) is 0 Å². The van der Waals surface area contributed by atoms with Crippen LogP contribution in [-0.4, -0.2) is 28.1 Å². The summed E-state index contributed by atoms with van der Waals surface area (Å²) < 4.78 is 37.3. The van der Waals surface area contributed by atoms with E-state index in [4.69, 9.17) is 9.47 Å². The van der Waals surface area contributed by atoms with E-state index >= 15 is 0 Å². The number of nitrogens with one attached hydrogen (secondary N) is 1. The summed E-state index contributed by atoms with van der Waals surface area (Å²) in [6, 6.07) is 12.8. The van der Waals surface area contributed by atoms with Crippen LogP contribution in [0.4, 0.5) is 0 Å². The van der Waals surface area contributed by atoms with Crippen molar-refractivity contribution < 1.29 is 22.7 Å². The molecule has 0 saturated heterocycles. The molecule has 1 N–H and O–H groups in total. The Hall–Kier alpha value is -2.38. The fraction of sp³-hybridized carbons (Fsp3) is 0.235. The Morgan fingerprint density at radius 2 is 1.75 bits per heavy atom. The second-order valence-corrected chi connectivity index (χ2v) is 6.65. The first-order chi connectivity index (χ1) is 11.5. The second-order valence-electron chi connectivity index (χ2n) is 4.88. The van der Waals surface area contributed by atoms with Gasteiger partial charge in [0, 0.05) is 12.1 Å². The lowest BCUT2D eigenvalue weighted by atomic mass is 10.2. The summed E-state index contributed by atoms with van der Waals surface area (Å²) >= 11 is 0. The Morgan fingerprint density at radius 3 is 2.38 bits per heavy atom. The lowest BCUT2D eigenvalue weighted by molar-refractivity contribution is 0.0526. The van der Waals surface area contributed by atoms with Gasteiger partial charge in [-0.05, 0) is 37.3 Å². The Bertz CT molecular complexity index is 800. The zero-order valence-corrected chi connectivity index (χ0v) is 14.3. The molecule has 0 spiro atoms. The van der Waals surface area contributed by atoms with Crippen molar-refractivity contribution in [3.63, 3.8) is 0 Å². The minimum Gasteiger partial charge on any atom is -0.496 e. The highest BCUT2D eigenvalue weighted by Gasteiger charge is 2.16. The van der Waals surface area contributed by atoms with Crippen molar-refractivity contribution in [3.05, 3.63) is 59.7 Å². The van der Waals surface area contributed by atoms with Crippen LogP contribution in [-0.2, 0) is 21.3 Å². The van der Waals surface area contributed by atoms with E-state index in [9.17, 15) is 13.2 Å². The normalized spacial score (nSPS) is 11.1. The highest BCUT2D eigenvalue weighted by Crippen LogP contribution is 2.18. The van der Waals surface area contributed by atoms with E-state index in [0.717, 1.165) is 5.56 Å². The van der Waals surface area contributed by atoms with Crippen molar-refractivity contribution in [3.8, 4) is 5.75 Å². The molecule has 0 heterocycles. The molecule has 2 aromatic rings. The van der Waals surface area contributed by atoms with Crippen molar-refractivity contribution >= 4 is 16.0 Å². The molecule has 24 heavy (non-hydrogen) atoms. The minimum absolute atomic E-state index is 0.0745. The average molecular weight is 349 g/mol. The van der Waals surface area contributed by atoms with E-state index in [1.54, 1.807) is 25.1 Å². The summed E-state index contributed by atoms with van der Waals surface area (Å²) in [6.45, 7) is 2.07. The molecule has 0 aliphatic carbocycles. The molecule has 0 aliphatic rings. The predicted molar refractivity (Wildman–Crippen MR) is 89.4 cm³/mol. The number of rotatable bonds is 7. The molecule has 0 atom stereocenters. The molecule has 7 heteroatoms. The molecule has 0 bridgehead atoms. The molecule has 2 rings (SSSR count). The SMILES string of the molecule is CCOC(=O)c1ccc(S(=O)(=O)NCc2ccccc2OC)cc1. The molecule has 2 aromatic carbocycles. The van der Waals surface area contributed by atoms with E-state index in [2.05, 4.69) is 4.72 Å². The van der Waals surface area contributed by atoms with E-state index in [0.29, 0.717) is 11.3 Å². The van der Waals surface area contributed by atoms with Gasteiger partial charge in [0.15, 0.2) is 0 Å². The van der Waals surface area contributed by atoms with Gasteiger partial charge in [-0.25, -0.2) is 17.9 Å². The van der Waals surface area contributed by atoms with Crippen molar-refractivity contribution in [1.82, 2.24) is 4.72 Å². The van der Waals surface area contributed by atoms with Gasteiger partial charge in [-0.3, -0.25) is 0 Å². The number of benzene rings is 2. The molecule has 0 radical (unpaired) electrons. The average Bonchev–Trinajstić information content (AvgIpc) is 2.60. The van der Waals surface area contributed by atoms with E-state index in [1.165, 1.54) is 31.4 Å². The fourth-order valence-electron chi connectivity index (χ4n) is 2.09. The summed E-state index contributed by atoms with van der Waals surface area (Å²) in [5.74, 6) is 0.126. The van der Waals surface area contributed by atoms with Gasteiger partial charge in [0.05, 0.1) is 24.2 Å². The molecule has 0 aliphatic heterocycles. The Kier molecular flexibility index (Phi) is 5.94. The monoisotopic (exact) mass is 349 g/mol. The van der Waals surface area contributed by atoms with Crippen LogP contribution in [0.1, 0.15) is 22.8 Å². The van der Waals surface area contributed by atoms with Crippen molar-refractivity contribution in [2.45, 2.75) is 18.4 Å². The molecule has 6 nitrogen and oxygen atoms in total. The van der Waals surface area contributed by atoms with Gasteiger partial charge < -0.3 is 9.47 Å². The Morgan fingerprint density at radius 1 is 1.08 bits per heavy atom. The zero-order valence-electron chi connectivity index (χ0n) is 13.5. The van der Waals surface area contributed by atoms with Crippen LogP contribution in [0.5, 0.6) is 5.75 Å². The quantitative estimate of drug-likeness (QED) is 0.776. The molecule has 0 amide bonds. The largest absolute Gasteiger partial charge is 0.496 e. The van der Waals surface area contributed by atoms with Crippen LogP contribution in [0, 0.1) is 0 Å². The highest BCUT2D eigenvalue weighted by atomic mass is 32.2. The summed E-state index contributed by atoms with van der Waals surface area (Å²) in [7, 11) is -2.17. The number of carbonyl (C=O) groups excluding carboxylic acids is 1. The van der Waals surface area contributed by atoms with Crippen LogP contribution in [0.3, 0.4) is 0 Å². The van der Waals surface area contributed by atoms with Crippen molar-refractivity contribution in [2.24, 2.45) is 0 Å². The first-order valence-corrected chi connectivity index (χ1v) is 8.85. The number of hydrogen-bond donors (Lipinski definition) is 1. The van der Waals surface area contributed by atoms with Gasteiger partial charge in [-0.2, -0.15) is 0 Å². The molecular weight excluding hydrogens is 330 g/mol.